The van der Waals surface area contributed by atoms with Gasteiger partial charge in [-0.1, -0.05) is 36.1 Å². The van der Waals surface area contributed by atoms with Crippen LogP contribution in [0.1, 0.15) is 54.7 Å². The van der Waals surface area contributed by atoms with Crippen molar-refractivity contribution in [1.29, 1.82) is 0 Å². The number of carboxylic acids is 1. The van der Waals surface area contributed by atoms with Gasteiger partial charge in [0.15, 0.2) is 5.78 Å². The maximum atomic E-state index is 13.0. The molecule has 0 spiro atoms. The van der Waals surface area contributed by atoms with Crippen molar-refractivity contribution >= 4 is 20.9 Å². The van der Waals surface area contributed by atoms with Gasteiger partial charge in [0.25, 0.3) is 0 Å². The van der Waals surface area contributed by atoms with Gasteiger partial charge < -0.3 is 5.11 Å². The molecular weight excluding hydrogens is 311 g/mol. The van der Waals surface area contributed by atoms with Crippen LogP contribution in [0.2, 0.25) is 0 Å². The van der Waals surface area contributed by atoms with Crippen LogP contribution in [-0.4, -0.2) is 16.9 Å². The Balaban J connectivity index is 0.00000232. The summed E-state index contributed by atoms with van der Waals surface area (Å²) in [4.78, 5) is 24.6. The van der Waals surface area contributed by atoms with Crippen molar-refractivity contribution in [2.75, 3.05) is 0 Å². The van der Waals surface area contributed by atoms with E-state index in [2.05, 4.69) is 0 Å². The molecule has 23 heavy (non-hydrogen) atoms. The van der Waals surface area contributed by atoms with Crippen LogP contribution in [0.4, 0.5) is 0 Å². The topological polar surface area (TPSA) is 71.4 Å². The maximum absolute atomic E-state index is 13.0. The Hall–Kier alpha value is -1.54. The van der Waals surface area contributed by atoms with E-state index in [9.17, 15) is 14.7 Å². The van der Waals surface area contributed by atoms with Gasteiger partial charge in [-0.2, -0.15) is 0 Å². The number of carbonyl (C=O) groups excluding carboxylic acids is 1. The second kappa shape index (κ2) is 8.35. The van der Waals surface area contributed by atoms with Crippen molar-refractivity contribution in [3.8, 4) is 0 Å². The summed E-state index contributed by atoms with van der Waals surface area (Å²) in [6, 6.07) is 3.96. The van der Waals surface area contributed by atoms with Crippen LogP contribution in [-0.2, 0) is 9.36 Å². The van der Waals surface area contributed by atoms with Crippen molar-refractivity contribution in [1.82, 2.24) is 0 Å². The normalized spacial score (nSPS) is 12.3. The Morgan fingerprint density at radius 2 is 1.43 bits per heavy atom. The Kier molecular flexibility index (Phi) is 7.79. The molecule has 0 bridgehead atoms. The van der Waals surface area contributed by atoms with E-state index in [0.717, 1.165) is 16.7 Å². The highest BCUT2D eigenvalue weighted by Gasteiger charge is 2.43. The highest BCUT2D eigenvalue weighted by molar-refractivity contribution is 7.00. The number of aryl methyl sites for hydroxylation is 3. The van der Waals surface area contributed by atoms with E-state index in [1.807, 2.05) is 46.8 Å². The molecule has 0 saturated heterocycles. The summed E-state index contributed by atoms with van der Waals surface area (Å²) < 4.78 is 8.17. The third-order valence-corrected chi connectivity index (χ3v) is 4.20. The summed E-state index contributed by atoms with van der Waals surface area (Å²) >= 11 is 0. The summed E-state index contributed by atoms with van der Waals surface area (Å²) in [5.74, 6) is -1.58. The first-order chi connectivity index (χ1) is 10.5. The molecule has 0 fully saturated rings. The molecule has 1 aromatic carbocycles. The molecule has 0 amide bonds. The predicted molar refractivity (Wildman–Crippen MR) is 95.1 cm³/mol. The van der Waals surface area contributed by atoms with E-state index < -0.39 is 17.3 Å². The number of ketones is 1. The van der Waals surface area contributed by atoms with Crippen molar-refractivity contribution in [3.63, 3.8) is 0 Å². The van der Waals surface area contributed by atoms with E-state index in [1.54, 1.807) is 13.8 Å². The standard InChI is InChI=1S/C18H26O3.H2OP/c1-10(2)15(18(6,7)17(20)21)16(19)14-12(4)8-11(3)9-13(14)5;1-2/h8-10,15H,1-7H3,(H,20,21);2H2/q;+1. The quantitative estimate of drug-likeness (QED) is 0.638. The number of carboxylic acid groups (broad SMARTS) is 1. The molecule has 0 aromatic heterocycles. The third-order valence-electron chi connectivity index (χ3n) is 4.20. The van der Waals surface area contributed by atoms with Gasteiger partial charge in [-0.25, -0.2) is 0 Å². The summed E-state index contributed by atoms with van der Waals surface area (Å²) in [5, 5.41) is 9.49. The number of Topliss-reactive ketones (excluding diaryl/α,β-unsaturated/α-hetero) is 1. The minimum absolute atomic E-state index is 0.0382. The van der Waals surface area contributed by atoms with Crippen molar-refractivity contribution in [3.05, 3.63) is 34.4 Å². The highest BCUT2D eigenvalue weighted by Crippen LogP contribution is 2.37. The first kappa shape index (κ1) is 21.5. The molecule has 1 rings (SSSR count). The largest absolute Gasteiger partial charge is 0.481 e. The molecule has 0 aliphatic rings. The average Bonchev–Trinajstić information content (AvgIpc) is 2.38. The highest BCUT2D eigenvalue weighted by atomic mass is 31.0. The molecule has 0 aliphatic carbocycles. The lowest BCUT2D eigenvalue weighted by atomic mass is 9.68. The summed E-state index contributed by atoms with van der Waals surface area (Å²) in [6.45, 7) is 12.9. The molecule has 2 unspecified atom stereocenters. The van der Waals surface area contributed by atoms with E-state index >= 15 is 0 Å². The zero-order valence-corrected chi connectivity index (χ0v) is 16.2. The van der Waals surface area contributed by atoms with Crippen LogP contribution in [0.25, 0.3) is 0 Å². The van der Waals surface area contributed by atoms with Crippen molar-refractivity contribution < 1.29 is 19.3 Å². The maximum Gasteiger partial charge on any atom is 0.310 e. The minimum Gasteiger partial charge on any atom is -0.481 e. The van der Waals surface area contributed by atoms with Crippen LogP contribution >= 0.6 is 9.12 Å². The molecule has 5 heteroatoms. The zero-order valence-electron chi connectivity index (χ0n) is 15.1. The molecule has 2 atom stereocenters. The minimum atomic E-state index is -1.09. The number of benzene rings is 1. The average molecular weight is 339 g/mol. The SMILES string of the molecule is Cc1cc(C)c(C(=O)C(C(C)C)C(C)(C)C(=O)O)c(C)c1.O=[PH2+]. The van der Waals surface area contributed by atoms with Crippen LogP contribution in [0, 0.1) is 38.0 Å². The van der Waals surface area contributed by atoms with E-state index in [1.165, 1.54) is 9.12 Å². The fraction of sp³-hybridized carbons (Fsp3) is 0.556. The lowest BCUT2D eigenvalue weighted by molar-refractivity contribution is -0.150. The Morgan fingerprint density at radius 1 is 1.04 bits per heavy atom. The van der Waals surface area contributed by atoms with Gasteiger partial charge in [0.05, 0.1) is 5.41 Å². The molecule has 0 saturated carbocycles. The number of hydrogen-bond donors (Lipinski definition) is 1. The molecule has 1 aromatic rings. The molecule has 0 radical (unpaired) electrons. The van der Waals surface area contributed by atoms with Crippen molar-refractivity contribution in [2.24, 2.45) is 17.3 Å². The summed E-state index contributed by atoms with van der Waals surface area (Å²) in [6.07, 6.45) is 0. The monoisotopic (exact) mass is 339 g/mol. The predicted octanol–water partition coefficient (Wildman–Crippen LogP) is 4.38. The van der Waals surface area contributed by atoms with Gasteiger partial charge in [-0.3, -0.25) is 9.59 Å². The molecule has 0 heterocycles. The van der Waals surface area contributed by atoms with Gasteiger partial charge in [-0.05, 0) is 51.7 Å². The summed E-state index contributed by atoms with van der Waals surface area (Å²) in [7, 11) is 1.17. The number of aliphatic carboxylic acids is 1. The van der Waals surface area contributed by atoms with Crippen LogP contribution in [0.15, 0.2) is 12.1 Å². The Morgan fingerprint density at radius 3 is 1.74 bits per heavy atom. The van der Waals surface area contributed by atoms with Crippen LogP contribution in [0.3, 0.4) is 0 Å². The van der Waals surface area contributed by atoms with E-state index in [0.29, 0.717) is 5.56 Å². The fourth-order valence-electron chi connectivity index (χ4n) is 3.32. The molecular formula is C18H28O4P+. The fourth-order valence-corrected chi connectivity index (χ4v) is 3.32. The lowest BCUT2D eigenvalue weighted by Gasteiger charge is -2.33. The molecule has 4 nitrogen and oxygen atoms in total. The number of hydrogen-bond acceptors (Lipinski definition) is 3. The molecule has 1 N–H and O–H groups in total. The van der Waals surface area contributed by atoms with E-state index in [4.69, 9.17) is 4.57 Å². The van der Waals surface area contributed by atoms with Crippen molar-refractivity contribution in [2.45, 2.75) is 48.5 Å². The molecule has 128 valence electrons. The second-order valence-corrected chi connectivity index (χ2v) is 6.89. The summed E-state index contributed by atoms with van der Waals surface area (Å²) in [5.41, 5.74) is 2.54. The van der Waals surface area contributed by atoms with E-state index in [-0.39, 0.29) is 11.7 Å². The Bertz CT molecular complexity index is 568. The smallest absolute Gasteiger partial charge is 0.310 e. The zero-order chi connectivity index (χ0) is 18.5. The lowest BCUT2D eigenvalue weighted by Crippen LogP contribution is -2.41. The first-order valence-electron chi connectivity index (χ1n) is 7.59. The van der Waals surface area contributed by atoms with Gasteiger partial charge in [0.2, 0.25) is 0 Å². The van der Waals surface area contributed by atoms with Crippen LogP contribution < -0.4 is 0 Å². The Labute approximate surface area is 140 Å². The van der Waals surface area contributed by atoms with Crippen LogP contribution in [0.5, 0.6) is 0 Å². The third kappa shape index (κ3) is 4.71. The molecule has 0 aliphatic heterocycles. The van der Waals surface area contributed by atoms with Gasteiger partial charge in [0.1, 0.15) is 0 Å². The second-order valence-electron chi connectivity index (χ2n) is 6.89. The number of carbonyl (C=O) groups is 2. The van der Waals surface area contributed by atoms with Gasteiger partial charge in [-0.15, -0.1) is 0 Å². The van der Waals surface area contributed by atoms with Gasteiger partial charge >= 0.3 is 15.1 Å². The van der Waals surface area contributed by atoms with Gasteiger partial charge in [0, 0.05) is 11.5 Å². The number of rotatable bonds is 5. The first-order valence-corrected chi connectivity index (χ1v) is 8.06.